The molecule has 0 bridgehead atoms. The summed E-state index contributed by atoms with van der Waals surface area (Å²) in [4.78, 5) is 17.2. The van der Waals surface area contributed by atoms with Crippen LogP contribution < -0.4 is 9.04 Å². The number of carbonyl (C=O) groups excluding carboxylic acids is 1. The number of nitrogens with zero attached hydrogens (tertiary/aromatic N) is 3. The van der Waals surface area contributed by atoms with Crippen molar-refractivity contribution in [1.29, 1.82) is 0 Å². The number of amides is 1. The van der Waals surface area contributed by atoms with Crippen LogP contribution in [0.5, 0.6) is 5.75 Å². The zero-order valence-corrected chi connectivity index (χ0v) is 22.4. The van der Waals surface area contributed by atoms with Gasteiger partial charge in [-0.3, -0.25) is 14.0 Å². The molecule has 1 saturated heterocycles. The number of para-hydroxylation sites is 1. The highest BCUT2D eigenvalue weighted by Crippen LogP contribution is 2.33. The molecule has 0 aromatic heterocycles. The van der Waals surface area contributed by atoms with Gasteiger partial charge in [-0.2, -0.15) is 0 Å². The summed E-state index contributed by atoms with van der Waals surface area (Å²) in [5.74, 6) is 0.457. The zero-order chi connectivity index (χ0) is 26.5. The fraction of sp³-hybridized carbons (Fsp3) is 0.300. The number of anilines is 1. The predicted molar refractivity (Wildman–Crippen MR) is 150 cm³/mol. The SMILES string of the molecule is Cc1cc(S(=O)(=O)N2CCc3ccccc32)ccc1OCC(=O)N1CCN(C/C=C/c2ccccc2)CC1. The Bertz CT molecular complexity index is 1410. The van der Waals surface area contributed by atoms with E-state index in [1.165, 1.54) is 9.87 Å². The summed E-state index contributed by atoms with van der Waals surface area (Å²) in [5, 5.41) is 0. The summed E-state index contributed by atoms with van der Waals surface area (Å²) in [5.41, 5.74) is 3.64. The van der Waals surface area contributed by atoms with E-state index in [0.717, 1.165) is 30.9 Å². The van der Waals surface area contributed by atoms with Gasteiger partial charge >= 0.3 is 0 Å². The molecule has 0 saturated carbocycles. The number of aryl methyl sites for hydroxylation is 1. The molecule has 0 radical (unpaired) electrons. The minimum atomic E-state index is -3.67. The maximum atomic E-state index is 13.3. The van der Waals surface area contributed by atoms with Gasteiger partial charge in [0.05, 0.1) is 10.6 Å². The average molecular weight is 532 g/mol. The monoisotopic (exact) mass is 531 g/mol. The number of hydrogen-bond acceptors (Lipinski definition) is 5. The molecule has 0 N–H and O–H groups in total. The Balaban J connectivity index is 1.12. The highest BCUT2D eigenvalue weighted by Gasteiger charge is 2.31. The van der Waals surface area contributed by atoms with Gasteiger partial charge in [-0.15, -0.1) is 0 Å². The second-order valence-corrected chi connectivity index (χ2v) is 11.5. The number of rotatable bonds is 8. The van der Waals surface area contributed by atoms with Gasteiger partial charge in [-0.1, -0.05) is 60.7 Å². The Morgan fingerprint density at radius 2 is 1.66 bits per heavy atom. The first-order chi connectivity index (χ1) is 18.4. The smallest absolute Gasteiger partial charge is 0.264 e. The highest BCUT2D eigenvalue weighted by molar-refractivity contribution is 7.92. The lowest BCUT2D eigenvalue weighted by Gasteiger charge is -2.34. The Labute approximate surface area is 225 Å². The van der Waals surface area contributed by atoms with Crippen LogP contribution in [0.2, 0.25) is 0 Å². The van der Waals surface area contributed by atoms with Crippen LogP contribution in [0.4, 0.5) is 5.69 Å². The van der Waals surface area contributed by atoms with Gasteiger partial charge in [0.25, 0.3) is 15.9 Å². The van der Waals surface area contributed by atoms with Gasteiger partial charge in [0.15, 0.2) is 6.61 Å². The third-order valence-electron chi connectivity index (χ3n) is 7.13. The molecule has 1 fully saturated rings. The fourth-order valence-electron chi connectivity index (χ4n) is 4.94. The first kappa shape index (κ1) is 26.0. The second-order valence-electron chi connectivity index (χ2n) is 9.67. The number of hydrogen-bond donors (Lipinski definition) is 0. The van der Waals surface area contributed by atoms with Gasteiger partial charge in [-0.05, 0) is 54.3 Å². The third-order valence-corrected chi connectivity index (χ3v) is 8.94. The molecule has 5 rings (SSSR count). The molecule has 0 atom stereocenters. The molecule has 0 aliphatic carbocycles. The van der Waals surface area contributed by atoms with Crippen molar-refractivity contribution in [3.63, 3.8) is 0 Å². The molecule has 38 heavy (non-hydrogen) atoms. The van der Waals surface area contributed by atoms with Crippen molar-refractivity contribution in [1.82, 2.24) is 9.80 Å². The summed E-state index contributed by atoms with van der Waals surface area (Å²) < 4.78 is 33.9. The molecule has 0 unspecified atom stereocenters. The van der Waals surface area contributed by atoms with Gasteiger partial charge in [0.2, 0.25) is 0 Å². The van der Waals surface area contributed by atoms with Crippen molar-refractivity contribution in [3.05, 3.63) is 95.6 Å². The van der Waals surface area contributed by atoms with Gasteiger partial charge < -0.3 is 9.64 Å². The number of fused-ring (bicyclic) bond motifs is 1. The predicted octanol–water partition coefficient (Wildman–Crippen LogP) is 3.98. The topological polar surface area (TPSA) is 70.2 Å². The summed E-state index contributed by atoms with van der Waals surface area (Å²) in [7, 11) is -3.67. The number of sulfonamides is 1. The van der Waals surface area contributed by atoms with E-state index in [-0.39, 0.29) is 17.4 Å². The van der Waals surface area contributed by atoms with Gasteiger partial charge in [0, 0.05) is 39.3 Å². The number of benzene rings is 3. The van der Waals surface area contributed by atoms with Crippen LogP contribution in [0, 0.1) is 6.92 Å². The second kappa shape index (κ2) is 11.4. The van der Waals surface area contributed by atoms with Crippen molar-refractivity contribution >= 4 is 27.7 Å². The van der Waals surface area contributed by atoms with E-state index in [1.807, 2.05) is 47.4 Å². The van der Waals surface area contributed by atoms with Crippen molar-refractivity contribution < 1.29 is 17.9 Å². The van der Waals surface area contributed by atoms with Crippen LogP contribution >= 0.6 is 0 Å². The van der Waals surface area contributed by atoms with Crippen molar-refractivity contribution in [2.24, 2.45) is 0 Å². The fourth-order valence-corrected chi connectivity index (χ4v) is 6.53. The van der Waals surface area contributed by atoms with E-state index >= 15 is 0 Å². The maximum absolute atomic E-state index is 13.3. The minimum Gasteiger partial charge on any atom is -0.483 e. The number of ether oxygens (including phenoxy) is 1. The number of piperazine rings is 1. The summed E-state index contributed by atoms with van der Waals surface area (Å²) in [6.45, 7) is 5.98. The molecule has 2 aliphatic rings. The zero-order valence-electron chi connectivity index (χ0n) is 21.6. The largest absolute Gasteiger partial charge is 0.483 e. The van der Waals surface area contributed by atoms with Gasteiger partial charge in [0.1, 0.15) is 5.75 Å². The van der Waals surface area contributed by atoms with E-state index in [4.69, 9.17) is 4.74 Å². The normalized spacial score (nSPS) is 16.1. The lowest BCUT2D eigenvalue weighted by Crippen LogP contribution is -2.49. The Hall–Kier alpha value is -3.62. The maximum Gasteiger partial charge on any atom is 0.264 e. The van der Waals surface area contributed by atoms with E-state index in [2.05, 4.69) is 29.2 Å². The van der Waals surface area contributed by atoms with Crippen LogP contribution in [0.3, 0.4) is 0 Å². The summed E-state index contributed by atoms with van der Waals surface area (Å²) in [6.07, 6.45) is 4.98. The quantitative estimate of drug-likeness (QED) is 0.440. The average Bonchev–Trinajstić information content (AvgIpc) is 3.38. The van der Waals surface area contributed by atoms with Crippen molar-refractivity contribution in [2.75, 3.05) is 50.2 Å². The van der Waals surface area contributed by atoms with Crippen molar-refractivity contribution in [2.45, 2.75) is 18.2 Å². The Morgan fingerprint density at radius 3 is 2.42 bits per heavy atom. The van der Waals surface area contributed by atoms with Crippen LogP contribution in [0.25, 0.3) is 6.08 Å². The molecule has 7 nitrogen and oxygen atoms in total. The molecular formula is C30H33N3O4S. The highest BCUT2D eigenvalue weighted by atomic mass is 32.2. The minimum absolute atomic E-state index is 0.0609. The summed E-state index contributed by atoms with van der Waals surface area (Å²) >= 11 is 0. The third kappa shape index (κ3) is 5.76. The molecule has 8 heteroatoms. The van der Waals surface area contributed by atoms with E-state index in [1.54, 1.807) is 25.1 Å². The lowest BCUT2D eigenvalue weighted by atomic mass is 10.2. The van der Waals surface area contributed by atoms with Crippen LogP contribution in [0.15, 0.2) is 83.8 Å². The summed E-state index contributed by atoms with van der Waals surface area (Å²) in [6, 6.07) is 22.6. The van der Waals surface area contributed by atoms with Crippen LogP contribution in [0.1, 0.15) is 16.7 Å². The van der Waals surface area contributed by atoms with Crippen LogP contribution in [-0.4, -0.2) is 70.0 Å². The number of carbonyl (C=O) groups is 1. The molecule has 2 heterocycles. The standard InChI is InChI=1S/C30H33N3O4S/c1-24-22-27(38(35,36)33-17-15-26-11-5-6-12-28(26)33)13-14-29(24)37-23-30(34)32-20-18-31(19-21-32)16-7-10-25-8-3-2-4-9-25/h2-14,22H,15-21,23H2,1H3/b10-7+. The first-order valence-corrected chi connectivity index (χ1v) is 14.4. The van der Waals surface area contributed by atoms with E-state index in [0.29, 0.717) is 37.4 Å². The Kier molecular flexibility index (Phi) is 7.81. The molecule has 3 aromatic rings. The molecular weight excluding hydrogens is 498 g/mol. The molecule has 1 amide bonds. The molecule has 0 spiro atoms. The van der Waals surface area contributed by atoms with E-state index < -0.39 is 10.0 Å². The first-order valence-electron chi connectivity index (χ1n) is 13.0. The Morgan fingerprint density at radius 1 is 0.921 bits per heavy atom. The molecule has 3 aromatic carbocycles. The van der Waals surface area contributed by atoms with Gasteiger partial charge in [-0.25, -0.2) is 8.42 Å². The van der Waals surface area contributed by atoms with E-state index in [9.17, 15) is 13.2 Å². The van der Waals surface area contributed by atoms with Crippen molar-refractivity contribution in [3.8, 4) is 5.75 Å². The molecule has 2 aliphatic heterocycles. The lowest BCUT2D eigenvalue weighted by molar-refractivity contribution is -0.135. The van der Waals surface area contributed by atoms with Crippen LogP contribution in [-0.2, 0) is 21.2 Å². The molecule has 198 valence electrons.